The van der Waals surface area contributed by atoms with E-state index in [1.807, 2.05) is 0 Å². The number of thiazole rings is 1. The highest BCUT2D eigenvalue weighted by Gasteiger charge is 2.19. The van der Waals surface area contributed by atoms with E-state index in [1.54, 1.807) is 48.5 Å². The molecule has 33 heavy (non-hydrogen) atoms. The summed E-state index contributed by atoms with van der Waals surface area (Å²) in [6.07, 6.45) is -0.946. The first kappa shape index (κ1) is 23.9. The molecule has 0 spiro atoms. The van der Waals surface area contributed by atoms with Crippen LogP contribution in [0, 0.1) is 0 Å². The number of aromatic hydroxyl groups is 1. The molecule has 174 valence electrons. The van der Waals surface area contributed by atoms with Crippen molar-refractivity contribution < 1.29 is 34.0 Å². The molecule has 0 radical (unpaired) electrons. The van der Waals surface area contributed by atoms with Crippen LogP contribution in [-0.2, 0) is 20.7 Å². The zero-order chi connectivity index (χ0) is 23.8. The van der Waals surface area contributed by atoms with Gasteiger partial charge >= 0.3 is 16.8 Å². The first-order valence-electron chi connectivity index (χ1n) is 10.0. The zero-order valence-corrected chi connectivity index (χ0v) is 18.6. The molecule has 1 aromatic heterocycles. The van der Waals surface area contributed by atoms with Crippen LogP contribution in [0.2, 0.25) is 0 Å². The topological polar surface area (TPSA) is 135 Å². The van der Waals surface area contributed by atoms with Gasteiger partial charge in [-0.25, -0.2) is 0 Å². The van der Waals surface area contributed by atoms with Crippen molar-refractivity contribution in [3.8, 4) is 17.4 Å². The van der Waals surface area contributed by atoms with Crippen LogP contribution in [0.4, 0.5) is 0 Å². The van der Waals surface area contributed by atoms with Crippen molar-refractivity contribution in [3.63, 3.8) is 0 Å². The molecule has 0 bridgehead atoms. The molecule has 0 aliphatic rings. The van der Waals surface area contributed by atoms with Gasteiger partial charge in [0.1, 0.15) is 18.1 Å². The SMILES string of the molecule is COc1cccc([C@@H](COc2ccc(Cc3sc(=O)[nH]c3O)cc2)OC(=O)CCC(=O)O)c1. The Kier molecular flexibility index (Phi) is 8.09. The fourth-order valence-corrected chi connectivity index (χ4v) is 3.76. The van der Waals surface area contributed by atoms with Gasteiger partial charge in [0.25, 0.3) is 0 Å². The van der Waals surface area contributed by atoms with Crippen LogP contribution in [0.3, 0.4) is 0 Å². The molecule has 3 N–H and O–H groups in total. The lowest BCUT2D eigenvalue weighted by atomic mass is 10.1. The van der Waals surface area contributed by atoms with Gasteiger partial charge in [-0.2, -0.15) is 0 Å². The van der Waals surface area contributed by atoms with E-state index >= 15 is 0 Å². The van der Waals surface area contributed by atoms with Gasteiger partial charge in [-0.05, 0) is 35.4 Å². The van der Waals surface area contributed by atoms with Gasteiger partial charge in [-0.1, -0.05) is 35.6 Å². The second-order valence-corrected chi connectivity index (χ2v) is 8.13. The van der Waals surface area contributed by atoms with Crippen molar-refractivity contribution in [1.82, 2.24) is 4.98 Å². The minimum absolute atomic E-state index is 0.00550. The van der Waals surface area contributed by atoms with E-state index < -0.39 is 18.0 Å². The normalized spacial score (nSPS) is 11.5. The van der Waals surface area contributed by atoms with Crippen molar-refractivity contribution in [1.29, 1.82) is 0 Å². The van der Waals surface area contributed by atoms with Crippen LogP contribution >= 0.6 is 11.3 Å². The number of hydrogen-bond donors (Lipinski definition) is 3. The lowest BCUT2D eigenvalue weighted by molar-refractivity contribution is -0.153. The molecule has 1 atom stereocenters. The second-order valence-electron chi connectivity index (χ2n) is 7.07. The van der Waals surface area contributed by atoms with Crippen molar-refractivity contribution in [2.45, 2.75) is 25.4 Å². The Morgan fingerprint density at radius 2 is 1.85 bits per heavy atom. The number of aromatic amines is 1. The zero-order valence-electron chi connectivity index (χ0n) is 17.8. The molecular weight excluding hydrogens is 450 g/mol. The van der Waals surface area contributed by atoms with Crippen LogP contribution in [0.1, 0.15) is 34.9 Å². The van der Waals surface area contributed by atoms with Crippen LogP contribution in [0.5, 0.6) is 17.4 Å². The van der Waals surface area contributed by atoms with Gasteiger partial charge in [-0.15, -0.1) is 0 Å². The Bertz CT molecular complexity index is 1150. The van der Waals surface area contributed by atoms with E-state index in [1.165, 1.54) is 7.11 Å². The molecule has 10 heteroatoms. The third-order valence-corrected chi connectivity index (χ3v) is 5.54. The number of esters is 1. The van der Waals surface area contributed by atoms with Crippen LogP contribution in [0.25, 0.3) is 0 Å². The Hall–Kier alpha value is -3.79. The summed E-state index contributed by atoms with van der Waals surface area (Å²) < 4.78 is 16.5. The number of nitrogens with one attached hydrogen (secondary N) is 1. The highest BCUT2D eigenvalue weighted by molar-refractivity contribution is 7.09. The minimum atomic E-state index is -1.08. The molecule has 0 saturated heterocycles. The molecule has 3 rings (SSSR count). The van der Waals surface area contributed by atoms with Gasteiger partial charge in [-0.3, -0.25) is 19.4 Å². The third kappa shape index (κ3) is 7.11. The molecule has 0 fully saturated rings. The summed E-state index contributed by atoms with van der Waals surface area (Å²) in [6.45, 7) is 0.00550. The van der Waals surface area contributed by atoms with E-state index in [9.17, 15) is 19.5 Å². The van der Waals surface area contributed by atoms with E-state index in [0.717, 1.165) is 16.9 Å². The van der Waals surface area contributed by atoms with Crippen LogP contribution < -0.4 is 14.3 Å². The summed E-state index contributed by atoms with van der Waals surface area (Å²) in [4.78, 5) is 36.8. The summed E-state index contributed by atoms with van der Waals surface area (Å²) in [5.41, 5.74) is 1.52. The summed E-state index contributed by atoms with van der Waals surface area (Å²) in [7, 11) is 1.52. The average molecular weight is 474 g/mol. The summed E-state index contributed by atoms with van der Waals surface area (Å²) in [5.74, 6) is -0.745. The van der Waals surface area contributed by atoms with Gasteiger partial charge in [0.2, 0.25) is 5.88 Å². The molecule has 0 aliphatic carbocycles. The molecule has 9 nitrogen and oxygen atoms in total. The standard InChI is InChI=1S/C23H23NO8S/c1-30-17-4-2-3-15(12-17)18(32-21(27)10-9-20(25)26)13-31-16-7-5-14(6-8-16)11-19-22(28)24-23(29)33-19/h2-8,12,18,28H,9-11,13H2,1H3,(H,24,29)(H,25,26)/t18-/m1/s1. The Morgan fingerprint density at radius 1 is 1.09 bits per heavy atom. The van der Waals surface area contributed by atoms with Crippen molar-refractivity contribution in [2.24, 2.45) is 0 Å². The monoisotopic (exact) mass is 473 g/mol. The van der Waals surface area contributed by atoms with Crippen LogP contribution in [-0.4, -0.2) is 40.9 Å². The number of ether oxygens (including phenoxy) is 3. The van der Waals surface area contributed by atoms with Crippen molar-refractivity contribution in [3.05, 3.63) is 74.2 Å². The number of carboxylic acids is 1. The Labute approximate surface area is 193 Å². The number of carbonyl (C=O) groups is 2. The maximum Gasteiger partial charge on any atom is 0.307 e. The summed E-state index contributed by atoms with van der Waals surface area (Å²) in [5, 5.41) is 18.5. The first-order valence-corrected chi connectivity index (χ1v) is 10.8. The number of rotatable bonds is 11. The Balaban J connectivity index is 1.67. The minimum Gasteiger partial charge on any atom is -0.497 e. The smallest absolute Gasteiger partial charge is 0.307 e. The summed E-state index contributed by atoms with van der Waals surface area (Å²) >= 11 is 0.952. The lowest BCUT2D eigenvalue weighted by Crippen LogP contribution is -2.19. The number of benzene rings is 2. The largest absolute Gasteiger partial charge is 0.497 e. The number of H-pyrrole nitrogens is 1. The predicted octanol–water partition coefficient (Wildman–Crippen LogP) is 3.27. The van der Waals surface area contributed by atoms with Gasteiger partial charge < -0.3 is 24.4 Å². The maximum atomic E-state index is 12.1. The molecular formula is C23H23NO8S. The maximum absolute atomic E-state index is 12.1. The molecule has 0 unspecified atom stereocenters. The molecule has 0 aliphatic heterocycles. The van der Waals surface area contributed by atoms with Gasteiger partial charge in [0, 0.05) is 6.42 Å². The van der Waals surface area contributed by atoms with E-state index in [-0.39, 0.29) is 30.2 Å². The van der Waals surface area contributed by atoms with E-state index in [4.69, 9.17) is 19.3 Å². The van der Waals surface area contributed by atoms with Gasteiger partial charge in [0.05, 0.1) is 24.8 Å². The van der Waals surface area contributed by atoms with Gasteiger partial charge in [0.15, 0.2) is 6.10 Å². The molecule has 0 amide bonds. The average Bonchev–Trinajstić information content (AvgIpc) is 3.12. The lowest BCUT2D eigenvalue weighted by Gasteiger charge is -2.19. The first-order chi connectivity index (χ1) is 15.8. The third-order valence-electron chi connectivity index (χ3n) is 4.67. The molecule has 3 aromatic rings. The predicted molar refractivity (Wildman–Crippen MR) is 120 cm³/mol. The van der Waals surface area contributed by atoms with E-state index in [2.05, 4.69) is 4.98 Å². The van der Waals surface area contributed by atoms with Crippen molar-refractivity contribution in [2.75, 3.05) is 13.7 Å². The molecule has 1 heterocycles. The number of carboxylic acid groups (broad SMARTS) is 1. The quantitative estimate of drug-likeness (QED) is 0.361. The second kappa shape index (κ2) is 11.2. The van der Waals surface area contributed by atoms with Crippen LogP contribution in [0.15, 0.2) is 53.3 Å². The number of carbonyl (C=O) groups excluding carboxylic acids is 1. The number of aromatic nitrogens is 1. The Morgan fingerprint density at radius 3 is 2.48 bits per heavy atom. The fourth-order valence-electron chi connectivity index (χ4n) is 3.00. The molecule has 0 saturated carbocycles. The number of hydrogen-bond acceptors (Lipinski definition) is 8. The van der Waals surface area contributed by atoms with Crippen molar-refractivity contribution >= 4 is 23.3 Å². The number of aliphatic carboxylic acids is 1. The molecule has 2 aromatic carbocycles. The number of methoxy groups -OCH3 is 1. The fraction of sp³-hybridized carbons (Fsp3) is 0.261. The summed E-state index contributed by atoms with van der Waals surface area (Å²) in [6, 6.07) is 14.1. The highest BCUT2D eigenvalue weighted by Crippen LogP contribution is 2.25. The highest BCUT2D eigenvalue weighted by atomic mass is 32.1. The van der Waals surface area contributed by atoms with E-state index in [0.29, 0.717) is 28.4 Å².